The molecule has 0 atom stereocenters. The van der Waals surface area contributed by atoms with Gasteiger partial charge in [-0.3, -0.25) is 9.63 Å². The number of hydrogen-bond donors (Lipinski definition) is 2. The summed E-state index contributed by atoms with van der Waals surface area (Å²) in [6, 6.07) is 6.77. The molecule has 1 amide bonds. The molecule has 0 aliphatic rings. The van der Waals surface area contributed by atoms with Gasteiger partial charge in [-0.1, -0.05) is 23.2 Å². The van der Waals surface area contributed by atoms with E-state index in [0.29, 0.717) is 43.0 Å². The lowest BCUT2D eigenvalue weighted by Gasteiger charge is -2.06. The van der Waals surface area contributed by atoms with E-state index in [1.54, 1.807) is 31.2 Å². The Hall–Kier alpha value is -1.93. The number of benzene rings is 1. The number of nitrogen functional groups attached to an aromatic ring is 1. The number of amides is 1. The number of hydroxylamine groups is 1. The number of fused-ring (bicyclic) bond motifs is 1. The van der Waals surface area contributed by atoms with E-state index < -0.39 is 0 Å². The van der Waals surface area contributed by atoms with Gasteiger partial charge in [-0.25, -0.2) is 15.4 Å². The molecule has 3 aromatic rings. The van der Waals surface area contributed by atoms with Gasteiger partial charge in [0.2, 0.25) is 5.95 Å². The first-order valence-electron chi connectivity index (χ1n) is 6.94. The second-order valence-electron chi connectivity index (χ2n) is 4.75. The molecule has 0 saturated heterocycles. The summed E-state index contributed by atoms with van der Waals surface area (Å²) in [7, 11) is 0. The second-order valence-corrected chi connectivity index (χ2v) is 6.62. The van der Waals surface area contributed by atoms with Crippen molar-refractivity contribution in [1.29, 1.82) is 0 Å². The monoisotopic (exact) mass is 382 g/mol. The van der Waals surface area contributed by atoms with Gasteiger partial charge in [0, 0.05) is 16.0 Å². The summed E-state index contributed by atoms with van der Waals surface area (Å²) < 4.78 is 0. The van der Waals surface area contributed by atoms with Crippen LogP contribution < -0.4 is 11.2 Å². The number of carbonyl (C=O) groups excluding carboxylic acids is 1. The zero-order valence-electron chi connectivity index (χ0n) is 12.5. The quantitative estimate of drug-likeness (QED) is 0.667. The predicted octanol–water partition coefficient (Wildman–Crippen LogP) is 3.93. The van der Waals surface area contributed by atoms with Gasteiger partial charge in [-0.2, -0.15) is 0 Å². The van der Waals surface area contributed by atoms with Gasteiger partial charge in [0.1, 0.15) is 4.83 Å². The van der Waals surface area contributed by atoms with Crippen molar-refractivity contribution in [3.05, 3.63) is 39.2 Å². The number of anilines is 1. The number of rotatable bonds is 4. The smallest absolute Gasteiger partial charge is 0.284 e. The molecule has 9 heteroatoms. The topological polar surface area (TPSA) is 90.1 Å². The SMILES string of the molecule is CCONC(=O)c1cc2c(-c3ccc(Cl)cc3Cl)nc(N)nc2s1. The Bertz CT molecular complexity index is 929. The molecule has 0 aliphatic heterocycles. The lowest BCUT2D eigenvalue weighted by molar-refractivity contribution is 0.0368. The summed E-state index contributed by atoms with van der Waals surface area (Å²) in [6.45, 7) is 2.15. The highest BCUT2D eigenvalue weighted by Crippen LogP contribution is 2.36. The summed E-state index contributed by atoms with van der Waals surface area (Å²) in [5.41, 5.74) is 9.36. The summed E-state index contributed by atoms with van der Waals surface area (Å²) in [5, 5.41) is 1.64. The van der Waals surface area contributed by atoms with E-state index in [1.165, 1.54) is 11.3 Å². The van der Waals surface area contributed by atoms with Gasteiger partial charge >= 0.3 is 0 Å². The second kappa shape index (κ2) is 6.90. The van der Waals surface area contributed by atoms with Gasteiger partial charge in [0.15, 0.2) is 0 Å². The first-order valence-corrected chi connectivity index (χ1v) is 8.51. The van der Waals surface area contributed by atoms with Gasteiger partial charge in [-0.05, 0) is 31.2 Å². The molecule has 0 unspecified atom stereocenters. The van der Waals surface area contributed by atoms with Crippen molar-refractivity contribution in [2.45, 2.75) is 6.92 Å². The van der Waals surface area contributed by atoms with Gasteiger partial charge < -0.3 is 5.73 Å². The third-order valence-electron chi connectivity index (χ3n) is 3.13. The zero-order valence-corrected chi connectivity index (χ0v) is 14.8. The summed E-state index contributed by atoms with van der Waals surface area (Å²) in [6.07, 6.45) is 0. The van der Waals surface area contributed by atoms with Crippen LogP contribution in [-0.4, -0.2) is 22.5 Å². The van der Waals surface area contributed by atoms with E-state index in [-0.39, 0.29) is 11.9 Å². The molecule has 0 bridgehead atoms. The van der Waals surface area contributed by atoms with E-state index in [4.69, 9.17) is 33.8 Å². The standard InChI is InChI=1S/C15H12Cl2N4O2S/c1-2-23-21-13(22)11-6-9-12(19-15(18)20-14(9)24-11)8-4-3-7(16)5-10(8)17/h3-6H,2H2,1H3,(H,21,22)(H2,18,19,20). The largest absolute Gasteiger partial charge is 0.368 e. The fourth-order valence-electron chi connectivity index (χ4n) is 2.12. The Morgan fingerprint density at radius 3 is 2.83 bits per heavy atom. The maximum absolute atomic E-state index is 12.1. The molecule has 3 rings (SSSR count). The summed E-state index contributed by atoms with van der Waals surface area (Å²) >= 11 is 13.4. The van der Waals surface area contributed by atoms with Crippen LogP contribution in [0, 0.1) is 0 Å². The normalized spacial score (nSPS) is 11.0. The highest BCUT2D eigenvalue weighted by Gasteiger charge is 2.18. The van der Waals surface area contributed by atoms with Crippen molar-refractivity contribution in [3.8, 4) is 11.3 Å². The van der Waals surface area contributed by atoms with E-state index in [2.05, 4.69) is 15.4 Å². The molecular formula is C15H12Cl2N4O2S. The van der Waals surface area contributed by atoms with E-state index in [9.17, 15) is 4.79 Å². The molecule has 3 N–H and O–H groups in total. The minimum absolute atomic E-state index is 0.0992. The lowest BCUT2D eigenvalue weighted by Crippen LogP contribution is -2.22. The Morgan fingerprint density at radius 2 is 2.12 bits per heavy atom. The predicted molar refractivity (Wildman–Crippen MR) is 96.4 cm³/mol. The van der Waals surface area contributed by atoms with Crippen LogP contribution in [0.3, 0.4) is 0 Å². The number of carbonyl (C=O) groups is 1. The van der Waals surface area contributed by atoms with Crippen molar-refractivity contribution in [1.82, 2.24) is 15.4 Å². The van der Waals surface area contributed by atoms with Gasteiger partial charge in [0.25, 0.3) is 5.91 Å². The number of aromatic nitrogens is 2. The fraction of sp³-hybridized carbons (Fsp3) is 0.133. The minimum atomic E-state index is -0.355. The Kier molecular flexibility index (Phi) is 4.86. The van der Waals surface area contributed by atoms with E-state index >= 15 is 0 Å². The maximum Gasteiger partial charge on any atom is 0.284 e. The fourth-order valence-corrected chi connectivity index (χ4v) is 3.55. The van der Waals surface area contributed by atoms with Crippen molar-refractivity contribution < 1.29 is 9.63 Å². The Labute approximate surface area is 151 Å². The first-order chi connectivity index (χ1) is 11.5. The third-order valence-corrected chi connectivity index (χ3v) is 4.70. The van der Waals surface area contributed by atoms with Crippen LogP contribution in [0.1, 0.15) is 16.6 Å². The highest BCUT2D eigenvalue weighted by atomic mass is 35.5. The van der Waals surface area contributed by atoms with Crippen molar-refractivity contribution >= 4 is 56.6 Å². The number of nitrogens with one attached hydrogen (secondary N) is 1. The number of thiophene rings is 1. The molecule has 0 aliphatic carbocycles. The van der Waals surface area contributed by atoms with E-state index in [0.717, 1.165) is 0 Å². The Balaban J connectivity index is 2.14. The molecule has 0 saturated carbocycles. The number of hydrogen-bond acceptors (Lipinski definition) is 6. The van der Waals surface area contributed by atoms with Crippen LogP contribution in [0.5, 0.6) is 0 Å². The molecule has 1 aromatic carbocycles. The number of halogens is 2. The van der Waals surface area contributed by atoms with Crippen LogP contribution in [-0.2, 0) is 4.84 Å². The first kappa shape index (κ1) is 16.9. The maximum atomic E-state index is 12.1. The molecule has 2 aromatic heterocycles. The molecule has 2 heterocycles. The van der Waals surface area contributed by atoms with E-state index in [1.807, 2.05) is 0 Å². The average molecular weight is 383 g/mol. The van der Waals surface area contributed by atoms with Crippen LogP contribution in [0.2, 0.25) is 10.0 Å². The van der Waals surface area contributed by atoms with Crippen LogP contribution >= 0.6 is 34.5 Å². The molecule has 0 radical (unpaired) electrons. The molecule has 6 nitrogen and oxygen atoms in total. The van der Waals surface area contributed by atoms with Crippen LogP contribution in [0.15, 0.2) is 24.3 Å². The van der Waals surface area contributed by atoms with Crippen molar-refractivity contribution in [2.24, 2.45) is 0 Å². The zero-order chi connectivity index (χ0) is 17.3. The average Bonchev–Trinajstić information content (AvgIpc) is 2.96. The third kappa shape index (κ3) is 3.29. The summed E-state index contributed by atoms with van der Waals surface area (Å²) in [5.74, 6) is -0.256. The molecular weight excluding hydrogens is 371 g/mol. The Morgan fingerprint density at radius 1 is 1.33 bits per heavy atom. The summed E-state index contributed by atoms with van der Waals surface area (Å²) in [4.78, 5) is 26.5. The minimum Gasteiger partial charge on any atom is -0.368 e. The van der Waals surface area contributed by atoms with Crippen LogP contribution in [0.25, 0.3) is 21.5 Å². The molecule has 124 valence electrons. The van der Waals surface area contributed by atoms with Gasteiger partial charge in [0.05, 0.1) is 22.2 Å². The molecule has 24 heavy (non-hydrogen) atoms. The number of nitrogens with two attached hydrogens (primary N) is 1. The molecule has 0 spiro atoms. The molecule has 0 fully saturated rings. The lowest BCUT2D eigenvalue weighted by atomic mass is 10.1. The highest BCUT2D eigenvalue weighted by molar-refractivity contribution is 7.20. The van der Waals surface area contributed by atoms with Crippen LogP contribution in [0.4, 0.5) is 5.95 Å². The van der Waals surface area contributed by atoms with Crippen molar-refractivity contribution in [2.75, 3.05) is 12.3 Å². The van der Waals surface area contributed by atoms with Gasteiger partial charge in [-0.15, -0.1) is 11.3 Å². The van der Waals surface area contributed by atoms with Crippen molar-refractivity contribution in [3.63, 3.8) is 0 Å². The number of nitrogens with zero attached hydrogens (tertiary/aromatic N) is 2.